The first kappa shape index (κ1) is 24.2. The summed E-state index contributed by atoms with van der Waals surface area (Å²) in [6.07, 6.45) is 4.38. The average molecular weight is 519 g/mol. The van der Waals surface area contributed by atoms with Gasteiger partial charge in [-0.1, -0.05) is 28.9 Å². The van der Waals surface area contributed by atoms with Gasteiger partial charge in [0.25, 0.3) is 0 Å². The van der Waals surface area contributed by atoms with Gasteiger partial charge in [0.1, 0.15) is 11.6 Å². The fraction of sp³-hybridized carbons (Fsp3) is 0.414. The number of ether oxygens (including phenoxy) is 1. The quantitative estimate of drug-likeness (QED) is 0.288. The average Bonchev–Trinajstić information content (AvgIpc) is 3.65. The second-order valence-electron chi connectivity index (χ2n) is 10.3. The smallest absolute Gasteiger partial charge is 0.227 e. The molecule has 7 nitrogen and oxygen atoms in total. The van der Waals surface area contributed by atoms with Gasteiger partial charge in [0, 0.05) is 35.8 Å². The fourth-order valence-electron chi connectivity index (χ4n) is 6.14. The van der Waals surface area contributed by atoms with Gasteiger partial charge >= 0.3 is 0 Å². The van der Waals surface area contributed by atoms with E-state index in [4.69, 9.17) is 25.8 Å². The third kappa shape index (κ3) is 4.05. The number of benzene rings is 2. The summed E-state index contributed by atoms with van der Waals surface area (Å²) in [5.41, 5.74) is 6.70. The van der Waals surface area contributed by atoms with E-state index in [1.165, 1.54) is 0 Å². The minimum Gasteiger partial charge on any atom is -0.381 e. The summed E-state index contributed by atoms with van der Waals surface area (Å²) in [6.45, 7) is 5.86. The van der Waals surface area contributed by atoms with Gasteiger partial charge < -0.3 is 18.7 Å². The zero-order chi connectivity index (χ0) is 25.8. The van der Waals surface area contributed by atoms with Gasteiger partial charge in [-0.2, -0.15) is 0 Å². The normalized spacial score (nSPS) is 22.0. The van der Waals surface area contributed by atoms with E-state index in [1.54, 1.807) is 7.11 Å². The first-order chi connectivity index (χ1) is 17.9. The molecule has 2 aromatic carbocycles. The van der Waals surface area contributed by atoms with Crippen molar-refractivity contribution in [2.75, 3.05) is 12.0 Å². The first-order valence-corrected chi connectivity index (χ1v) is 13.3. The van der Waals surface area contributed by atoms with E-state index in [9.17, 15) is 4.79 Å². The van der Waals surface area contributed by atoms with E-state index >= 15 is 0 Å². The third-order valence-electron chi connectivity index (χ3n) is 8.04. The van der Waals surface area contributed by atoms with Gasteiger partial charge in [0.2, 0.25) is 5.91 Å². The van der Waals surface area contributed by atoms with Crippen molar-refractivity contribution in [2.24, 2.45) is 0 Å². The van der Waals surface area contributed by atoms with Gasteiger partial charge in [-0.25, -0.2) is 4.98 Å². The number of anilines is 1. The SMILES string of the molecule is CO[C@@H]1CC[C@@H](n2c([C@@H]3CCC(=O)N3c3ccc(C)c(Cl)c3)nc3cc(-c4c(C)noc4C)ccc32)C1. The molecule has 2 aliphatic rings. The molecule has 192 valence electrons. The molecule has 0 radical (unpaired) electrons. The summed E-state index contributed by atoms with van der Waals surface area (Å²) in [6, 6.07) is 12.3. The molecule has 1 saturated carbocycles. The summed E-state index contributed by atoms with van der Waals surface area (Å²) in [7, 11) is 1.79. The number of hydrogen-bond acceptors (Lipinski definition) is 5. The van der Waals surface area contributed by atoms with Crippen molar-refractivity contribution in [1.82, 2.24) is 14.7 Å². The zero-order valence-electron chi connectivity index (χ0n) is 21.6. The van der Waals surface area contributed by atoms with Crippen molar-refractivity contribution >= 4 is 34.2 Å². The lowest BCUT2D eigenvalue weighted by atomic mass is 10.0. The Morgan fingerprint density at radius 2 is 1.92 bits per heavy atom. The van der Waals surface area contributed by atoms with Gasteiger partial charge in [-0.3, -0.25) is 4.79 Å². The predicted octanol–water partition coefficient (Wildman–Crippen LogP) is 6.88. The Balaban J connectivity index is 1.50. The molecule has 1 aliphatic carbocycles. The number of amides is 1. The Kier molecular flexibility index (Phi) is 6.08. The van der Waals surface area contributed by atoms with Crippen molar-refractivity contribution in [3.05, 3.63) is 64.3 Å². The van der Waals surface area contributed by atoms with Gasteiger partial charge in [0.05, 0.1) is 28.9 Å². The number of hydrogen-bond donors (Lipinski definition) is 0. The molecule has 1 amide bonds. The Bertz CT molecular complexity index is 1490. The Morgan fingerprint density at radius 1 is 1.08 bits per heavy atom. The molecule has 0 unspecified atom stereocenters. The van der Waals surface area contributed by atoms with Crippen LogP contribution in [0.4, 0.5) is 5.69 Å². The Hall–Kier alpha value is -3.16. The molecular formula is C29H31ClN4O3. The van der Waals surface area contributed by atoms with E-state index in [2.05, 4.69) is 27.9 Å². The summed E-state index contributed by atoms with van der Waals surface area (Å²) in [4.78, 5) is 20.3. The minimum absolute atomic E-state index is 0.0983. The van der Waals surface area contributed by atoms with Crippen LogP contribution >= 0.6 is 11.6 Å². The molecule has 1 saturated heterocycles. The number of aryl methyl sites for hydroxylation is 3. The Labute approximate surface area is 221 Å². The number of imidazole rings is 1. The summed E-state index contributed by atoms with van der Waals surface area (Å²) in [5.74, 6) is 1.82. The van der Waals surface area contributed by atoms with Crippen LogP contribution in [0.15, 0.2) is 40.9 Å². The standard InChI is InChI=1S/C29H31ClN4O3/c1-16-5-7-21(15-23(16)30)33-26(11-12-27(33)35)29-31-24-13-19(28-17(2)32-37-18(28)3)6-10-25(24)34(29)20-8-9-22(14-20)36-4/h5-7,10,13,15,20,22,26H,8-9,11-12,14H2,1-4H3/t20-,22-,26+/m1/s1. The largest absolute Gasteiger partial charge is 0.381 e. The van der Waals surface area contributed by atoms with Crippen LogP contribution < -0.4 is 4.90 Å². The minimum atomic E-state index is -0.164. The summed E-state index contributed by atoms with van der Waals surface area (Å²) >= 11 is 6.47. The molecule has 2 aromatic heterocycles. The van der Waals surface area contributed by atoms with Crippen LogP contribution in [0.25, 0.3) is 22.2 Å². The maximum atomic E-state index is 13.2. The number of halogens is 1. The molecule has 3 heterocycles. The molecule has 2 fully saturated rings. The van der Waals surface area contributed by atoms with E-state index in [1.807, 2.05) is 43.9 Å². The molecule has 6 rings (SSSR count). The molecule has 4 aromatic rings. The van der Waals surface area contributed by atoms with E-state index in [0.717, 1.165) is 70.0 Å². The van der Waals surface area contributed by atoms with Crippen molar-refractivity contribution in [3.8, 4) is 11.1 Å². The lowest BCUT2D eigenvalue weighted by Crippen LogP contribution is -2.29. The molecule has 1 aliphatic heterocycles. The molecule has 37 heavy (non-hydrogen) atoms. The number of carbonyl (C=O) groups is 1. The summed E-state index contributed by atoms with van der Waals surface area (Å²) in [5, 5.41) is 4.79. The highest BCUT2D eigenvalue weighted by Gasteiger charge is 2.39. The highest BCUT2D eigenvalue weighted by Crippen LogP contribution is 2.43. The predicted molar refractivity (Wildman–Crippen MR) is 144 cm³/mol. The highest BCUT2D eigenvalue weighted by atomic mass is 35.5. The topological polar surface area (TPSA) is 73.4 Å². The van der Waals surface area contributed by atoms with Crippen LogP contribution in [0.1, 0.15) is 67.0 Å². The van der Waals surface area contributed by atoms with Crippen LogP contribution in [0.2, 0.25) is 5.02 Å². The maximum Gasteiger partial charge on any atom is 0.227 e. The Morgan fingerprint density at radius 3 is 2.62 bits per heavy atom. The lowest BCUT2D eigenvalue weighted by molar-refractivity contribution is -0.117. The van der Waals surface area contributed by atoms with E-state index in [-0.39, 0.29) is 24.1 Å². The zero-order valence-corrected chi connectivity index (χ0v) is 22.4. The van der Waals surface area contributed by atoms with Crippen molar-refractivity contribution < 1.29 is 14.1 Å². The molecule has 8 heteroatoms. The van der Waals surface area contributed by atoms with Crippen molar-refractivity contribution in [1.29, 1.82) is 0 Å². The summed E-state index contributed by atoms with van der Waals surface area (Å²) < 4.78 is 13.5. The van der Waals surface area contributed by atoms with E-state index in [0.29, 0.717) is 17.9 Å². The maximum absolute atomic E-state index is 13.2. The third-order valence-corrected chi connectivity index (χ3v) is 8.44. The number of aromatic nitrogens is 3. The van der Waals surface area contributed by atoms with Gasteiger partial charge in [-0.15, -0.1) is 0 Å². The second-order valence-corrected chi connectivity index (χ2v) is 10.7. The van der Waals surface area contributed by atoms with Crippen LogP contribution in [-0.2, 0) is 9.53 Å². The van der Waals surface area contributed by atoms with Crippen LogP contribution in [0, 0.1) is 20.8 Å². The van der Waals surface area contributed by atoms with Crippen molar-refractivity contribution in [2.45, 2.75) is 71.1 Å². The monoisotopic (exact) mass is 518 g/mol. The first-order valence-electron chi connectivity index (χ1n) is 12.9. The van der Waals surface area contributed by atoms with Crippen LogP contribution in [0.3, 0.4) is 0 Å². The van der Waals surface area contributed by atoms with Crippen LogP contribution in [-0.4, -0.2) is 33.8 Å². The second kappa shape index (κ2) is 9.30. The molecule has 0 spiro atoms. The van der Waals surface area contributed by atoms with Gasteiger partial charge in [-0.05, 0) is 81.8 Å². The molecule has 0 bridgehead atoms. The highest BCUT2D eigenvalue weighted by molar-refractivity contribution is 6.31. The molecule has 3 atom stereocenters. The van der Waals surface area contributed by atoms with E-state index < -0.39 is 0 Å². The number of carbonyl (C=O) groups excluding carboxylic acids is 1. The number of rotatable bonds is 5. The number of fused-ring (bicyclic) bond motifs is 1. The van der Waals surface area contributed by atoms with Gasteiger partial charge in [0.15, 0.2) is 0 Å². The van der Waals surface area contributed by atoms with Crippen LogP contribution in [0.5, 0.6) is 0 Å². The number of nitrogens with zero attached hydrogens (tertiary/aromatic N) is 4. The fourth-order valence-corrected chi connectivity index (χ4v) is 6.31. The van der Waals surface area contributed by atoms with Crippen molar-refractivity contribution in [3.63, 3.8) is 0 Å². The molecular weight excluding hydrogens is 488 g/mol. The lowest BCUT2D eigenvalue weighted by Gasteiger charge is -2.27. The number of methoxy groups -OCH3 is 1. The molecule has 0 N–H and O–H groups in total.